The molecule has 0 saturated heterocycles. The molecule has 1 saturated carbocycles. The fraction of sp³-hybridized carbons (Fsp3) is 0.538. The van der Waals surface area contributed by atoms with Crippen LogP contribution in [-0.4, -0.2) is 17.3 Å². The third-order valence-corrected chi connectivity index (χ3v) is 3.32. The first kappa shape index (κ1) is 10.7. The fourth-order valence-corrected chi connectivity index (χ4v) is 1.96. The number of hydrogen-bond donors (Lipinski definition) is 2. The van der Waals surface area contributed by atoms with E-state index in [9.17, 15) is 5.11 Å². The maximum absolute atomic E-state index is 9.94. The number of hydrogen-bond acceptors (Lipinski definition) is 2. The summed E-state index contributed by atoms with van der Waals surface area (Å²) >= 11 is 0. The average Bonchev–Trinajstić information content (AvgIpc) is 2.24. The first-order valence-corrected chi connectivity index (χ1v) is 5.70. The molecule has 2 nitrogen and oxygen atoms in total. The molecular formula is C13H19NO. The summed E-state index contributed by atoms with van der Waals surface area (Å²) in [5.74, 6) is 0. The van der Waals surface area contributed by atoms with Crippen LogP contribution in [-0.2, 0) is 0 Å². The molecule has 1 aliphatic rings. The van der Waals surface area contributed by atoms with E-state index in [1.807, 2.05) is 18.2 Å². The van der Waals surface area contributed by atoms with Gasteiger partial charge in [0.2, 0.25) is 0 Å². The van der Waals surface area contributed by atoms with Crippen LogP contribution in [0.5, 0.6) is 0 Å². The zero-order chi connectivity index (χ0) is 10.7. The van der Waals surface area contributed by atoms with Gasteiger partial charge in [-0.25, -0.2) is 0 Å². The van der Waals surface area contributed by atoms with E-state index in [-0.39, 0.29) is 0 Å². The summed E-state index contributed by atoms with van der Waals surface area (Å²) in [6.45, 7) is 2.85. The summed E-state index contributed by atoms with van der Waals surface area (Å²) in [4.78, 5) is 0. The van der Waals surface area contributed by atoms with Crippen LogP contribution in [0.2, 0.25) is 0 Å². The first-order chi connectivity index (χ1) is 7.20. The van der Waals surface area contributed by atoms with E-state index in [0.29, 0.717) is 12.6 Å². The Kier molecular flexibility index (Phi) is 3.08. The van der Waals surface area contributed by atoms with Gasteiger partial charge < -0.3 is 10.4 Å². The lowest BCUT2D eigenvalue weighted by atomic mass is 9.80. The Labute approximate surface area is 91.3 Å². The molecule has 1 atom stereocenters. The second-order valence-electron chi connectivity index (χ2n) is 4.59. The van der Waals surface area contributed by atoms with Crippen molar-refractivity contribution in [2.75, 3.05) is 6.54 Å². The topological polar surface area (TPSA) is 32.3 Å². The van der Waals surface area contributed by atoms with E-state index < -0.39 is 5.60 Å². The van der Waals surface area contributed by atoms with Gasteiger partial charge in [0, 0.05) is 12.6 Å². The Morgan fingerprint density at radius 1 is 1.33 bits per heavy atom. The Bertz CT molecular complexity index is 306. The maximum atomic E-state index is 9.94. The van der Waals surface area contributed by atoms with Crippen LogP contribution in [0.1, 0.15) is 37.8 Å². The molecule has 1 aromatic rings. The summed E-state index contributed by atoms with van der Waals surface area (Å²) in [7, 11) is 0. The Hall–Kier alpha value is -0.860. The third kappa shape index (κ3) is 2.58. The normalized spacial score (nSPS) is 20.7. The van der Waals surface area contributed by atoms with E-state index in [0.717, 1.165) is 19.3 Å². The van der Waals surface area contributed by atoms with Crippen LogP contribution in [0, 0.1) is 0 Å². The van der Waals surface area contributed by atoms with E-state index in [2.05, 4.69) is 24.4 Å². The van der Waals surface area contributed by atoms with E-state index in [4.69, 9.17) is 0 Å². The van der Waals surface area contributed by atoms with Gasteiger partial charge >= 0.3 is 0 Å². The molecule has 1 unspecified atom stereocenters. The minimum Gasteiger partial charge on any atom is -0.389 e. The molecule has 0 amide bonds. The van der Waals surface area contributed by atoms with Crippen molar-refractivity contribution in [3.63, 3.8) is 0 Å². The lowest BCUT2D eigenvalue weighted by Gasteiger charge is -2.37. The molecule has 1 aromatic carbocycles. The van der Waals surface area contributed by atoms with Crippen molar-refractivity contribution in [3.05, 3.63) is 35.9 Å². The minimum absolute atomic E-state index is 0.316. The summed E-state index contributed by atoms with van der Waals surface area (Å²) in [6, 6.07) is 10.7. The van der Waals surface area contributed by atoms with Crippen molar-refractivity contribution in [3.8, 4) is 0 Å². The summed E-state index contributed by atoms with van der Waals surface area (Å²) in [5, 5.41) is 13.3. The van der Waals surface area contributed by atoms with Gasteiger partial charge in [0.1, 0.15) is 0 Å². The molecule has 1 aliphatic carbocycles. The summed E-state index contributed by atoms with van der Waals surface area (Å²) in [5.41, 5.74) is 0.851. The molecule has 0 spiro atoms. The number of benzene rings is 1. The predicted octanol–water partition coefficient (Wildman–Crippen LogP) is 2.25. The van der Waals surface area contributed by atoms with E-state index >= 15 is 0 Å². The Morgan fingerprint density at radius 2 is 2.00 bits per heavy atom. The number of rotatable bonds is 4. The van der Waals surface area contributed by atoms with E-state index in [1.54, 1.807) is 0 Å². The monoisotopic (exact) mass is 205 g/mol. The average molecular weight is 205 g/mol. The zero-order valence-electron chi connectivity index (χ0n) is 9.24. The molecular weight excluding hydrogens is 186 g/mol. The number of aliphatic hydroxyl groups is 1. The first-order valence-electron chi connectivity index (χ1n) is 5.70. The number of nitrogens with one attached hydrogen (secondary N) is 1. The van der Waals surface area contributed by atoms with Crippen LogP contribution < -0.4 is 5.32 Å². The quantitative estimate of drug-likeness (QED) is 0.790. The molecule has 1 fully saturated rings. The molecule has 0 aromatic heterocycles. The van der Waals surface area contributed by atoms with Crippen LogP contribution >= 0.6 is 0 Å². The standard InChI is InChI=1S/C13H19NO/c1-11(12-6-3-2-4-7-12)14-10-13(15)8-5-9-13/h2-4,6-7,11,14-15H,5,8-10H2,1H3. The van der Waals surface area contributed by atoms with Gasteiger partial charge in [-0.15, -0.1) is 0 Å². The minimum atomic E-state index is -0.428. The van der Waals surface area contributed by atoms with Gasteiger partial charge in [0.05, 0.1) is 5.60 Å². The van der Waals surface area contributed by atoms with Crippen molar-refractivity contribution >= 4 is 0 Å². The molecule has 15 heavy (non-hydrogen) atoms. The zero-order valence-corrected chi connectivity index (χ0v) is 9.24. The smallest absolute Gasteiger partial charge is 0.0771 e. The van der Waals surface area contributed by atoms with Gasteiger partial charge in [-0.3, -0.25) is 0 Å². The molecule has 2 heteroatoms. The maximum Gasteiger partial charge on any atom is 0.0771 e. The van der Waals surface area contributed by atoms with Gasteiger partial charge in [0.15, 0.2) is 0 Å². The van der Waals surface area contributed by atoms with Gasteiger partial charge in [-0.05, 0) is 31.7 Å². The third-order valence-electron chi connectivity index (χ3n) is 3.32. The SMILES string of the molecule is CC(NCC1(O)CCC1)c1ccccc1. The highest BCUT2D eigenvalue weighted by atomic mass is 16.3. The van der Waals surface area contributed by atoms with Crippen molar-refractivity contribution < 1.29 is 5.11 Å². The lowest BCUT2D eigenvalue weighted by molar-refractivity contribution is -0.0329. The van der Waals surface area contributed by atoms with Gasteiger partial charge in [0.25, 0.3) is 0 Å². The van der Waals surface area contributed by atoms with Crippen molar-refractivity contribution in [1.29, 1.82) is 0 Å². The van der Waals surface area contributed by atoms with E-state index in [1.165, 1.54) is 5.56 Å². The molecule has 2 rings (SSSR count). The van der Waals surface area contributed by atoms with Crippen molar-refractivity contribution in [2.24, 2.45) is 0 Å². The van der Waals surface area contributed by atoms with Crippen molar-refractivity contribution in [1.82, 2.24) is 5.32 Å². The summed E-state index contributed by atoms with van der Waals surface area (Å²) in [6.07, 6.45) is 3.06. The molecule has 0 aliphatic heterocycles. The molecule has 2 N–H and O–H groups in total. The second kappa shape index (κ2) is 4.33. The van der Waals surface area contributed by atoms with Crippen LogP contribution in [0.4, 0.5) is 0 Å². The highest BCUT2D eigenvalue weighted by Gasteiger charge is 2.34. The molecule has 0 radical (unpaired) electrons. The van der Waals surface area contributed by atoms with Gasteiger partial charge in [-0.2, -0.15) is 0 Å². The predicted molar refractivity (Wildman–Crippen MR) is 61.7 cm³/mol. The Morgan fingerprint density at radius 3 is 2.53 bits per heavy atom. The van der Waals surface area contributed by atoms with Gasteiger partial charge in [-0.1, -0.05) is 30.3 Å². The molecule has 82 valence electrons. The van der Waals surface area contributed by atoms with Crippen LogP contribution in [0.3, 0.4) is 0 Å². The molecule has 0 bridgehead atoms. The van der Waals surface area contributed by atoms with Crippen LogP contribution in [0.15, 0.2) is 30.3 Å². The largest absolute Gasteiger partial charge is 0.389 e. The highest BCUT2D eigenvalue weighted by molar-refractivity contribution is 5.18. The molecule has 0 heterocycles. The highest BCUT2D eigenvalue weighted by Crippen LogP contribution is 2.31. The fourth-order valence-electron chi connectivity index (χ4n) is 1.96. The Balaban J connectivity index is 1.85. The van der Waals surface area contributed by atoms with Crippen LogP contribution in [0.25, 0.3) is 0 Å². The van der Waals surface area contributed by atoms with Crippen molar-refractivity contribution in [2.45, 2.75) is 37.8 Å². The summed E-state index contributed by atoms with van der Waals surface area (Å²) < 4.78 is 0. The lowest BCUT2D eigenvalue weighted by Crippen LogP contribution is -2.46. The second-order valence-corrected chi connectivity index (χ2v) is 4.59.